The Balaban J connectivity index is 2.36. The molecule has 0 heterocycles. The number of hydrogen-bond donors (Lipinski definition) is 1. The van der Waals surface area contributed by atoms with Crippen molar-refractivity contribution < 1.29 is 0 Å². The molecule has 2 heteroatoms. The number of benzene rings is 2. The Morgan fingerprint density at radius 2 is 1.58 bits per heavy atom. The Bertz CT molecular complexity index is 745. The molecule has 2 aromatic rings. The zero-order valence-corrected chi connectivity index (χ0v) is 15.6. The van der Waals surface area contributed by atoms with Gasteiger partial charge in [-0.2, -0.15) is 0 Å². The lowest BCUT2D eigenvalue weighted by Gasteiger charge is -2.18. The van der Waals surface area contributed by atoms with Crippen LogP contribution in [0.25, 0.3) is 11.1 Å². The monoisotopic (exact) mass is 320 g/mol. The van der Waals surface area contributed by atoms with E-state index < -0.39 is 0 Å². The van der Waals surface area contributed by atoms with Gasteiger partial charge in [0, 0.05) is 11.6 Å². The Morgan fingerprint density at radius 1 is 1.00 bits per heavy atom. The normalized spacial score (nSPS) is 12.5. The molecule has 2 aromatic carbocycles. The summed E-state index contributed by atoms with van der Waals surface area (Å²) in [6.07, 6.45) is 1.36. The van der Waals surface area contributed by atoms with Crippen LogP contribution in [0.5, 0.6) is 0 Å². The van der Waals surface area contributed by atoms with Gasteiger partial charge >= 0.3 is 0 Å². The van der Waals surface area contributed by atoms with Crippen molar-refractivity contribution in [1.29, 1.82) is 5.41 Å². The van der Waals surface area contributed by atoms with Gasteiger partial charge in [0.25, 0.3) is 0 Å². The highest BCUT2D eigenvalue weighted by Crippen LogP contribution is 2.29. The molecule has 0 spiro atoms. The third kappa shape index (κ3) is 4.19. The summed E-state index contributed by atoms with van der Waals surface area (Å²) < 4.78 is 0. The molecule has 24 heavy (non-hydrogen) atoms. The zero-order chi connectivity index (χ0) is 17.9. The molecule has 0 bridgehead atoms. The molecule has 0 saturated carbocycles. The molecule has 0 aliphatic rings. The molecule has 1 N–H and O–H groups in total. The SMILES string of the molecule is Cc1cc(-c2ccc(C(C)C)cc2)ccc1N=C(C=N)C(C)(C)C. The number of aryl methyl sites for hydroxylation is 1. The molecular weight excluding hydrogens is 292 g/mol. The molecule has 0 unspecified atom stereocenters. The van der Waals surface area contributed by atoms with Crippen molar-refractivity contribution in [3.63, 3.8) is 0 Å². The topological polar surface area (TPSA) is 36.2 Å². The van der Waals surface area contributed by atoms with Crippen molar-refractivity contribution >= 4 is 17.6 Å². The molecular formula is C22H28N2. The minimum atomic E-state index is -0.125. The molecule has 0 aliphatic carbocycles. The van der Waals surface area contributed by atoms with E-state index in [2.05, 4.69) is 84.0 Å². The van der Waals surface area contributed by atoms with Crippen LogP contribution in [0.1, 0.15) is 51.7 Å². The van der Waals surface area contributed by atoms with E-state index in [9.17, 15) is 0 Å². The minimum absolute atomic E-state index is 0.125. The molecule has 0 aliphatic heterocycles. The van der Waals surface area contributed by atoms with Gasteiger partial charge in [-0.1, -0.05) is 65.0 Å². The molecule has 0 saturated heterocycles. The van der Waals surface area contributed by atoms with E-state index in [4.69, 9.17) is 10.4 Å². The largest absolute Gasteiger partial charge is 0.307 e. The van der Waals surface area contributed by atoms with Crippen molar-refractivity contribution in [2.75, 3.05) is 0 Å². The first kappa shape index (κ1) is 18.1. The van der Waals surface area contributed by atoms with E-state index in [-0.39, 0.29) is 5.41 Å². The highest BCUT2D eigenvalue weighted by Gasteiger charge is 2.17. The maximum atomic E-state index is 7.61. The average Bonchev–Trinajstić information content (AvgIpc) is 2.52. The van der Waals surface area contributed by atoms with E-state index in [0.717, 1.165) is 17.0 Å². The van der Waals surface area contributed by atoms with Gasteiger partial charge in [-0.15, -0.1) is 0 Å². The van der Waals surface area contributed by atoms with E-state index in [1.165, 1.54) is 22.9 Å². The van der Waals surface area contributed by atoms with E-state index >= 15 is 0 Å². The Hall–Kier alpha value is -2.22. The lowest BCUT2D eigenvalue weighted by atomic mass is 9.90. The summed E-state index contributed by atoms with van der Waals surface area (Å²) in [5, 5.41) is 7.61. The highest BCUT2D eigenvalue weighted by atomic mass is 14.8. The summed E-state index contributed by atoms with van der Waals surface area (Å²) in [6.45, 7) is 12.7. The number of nitrogens with one attached hydrogen (secondary N) is 1. The third-order valence-corrected chi connectivity index (χ3v) is 4.25. The van der Waals surface area contributed by atoms with Crippen LogP contribution in [0.15, 0.2) is 47.5 Å². The summed E-state index contributed by atoms with van der Waals surface area (Å²) in [6, 6.07) is 15.1. The molecule has 126 valence electrons. The molecule has 0 radical (unpaired) electrons. The lowest BCUT2D eigenvalue weighted by Crippen LogP contribution is -2.21. The predicted molar refractivity (Wildman–Crippen MR) is 106 cm³/mol. The fourth-order valence-electron chi connectivity index (χ4n) is 2.57. The first-order valence-corrected chi connectivity index (χ1v) is 8.53. The standard InChI is InChI=1S/C22H28N2/c1-15(2)17-7-9-18(10-8-17)19-11-12-20(16(3)13-19)24-21(14-23)22(4,5)6/h7-15,23H,1-6H3. The van der Waals surface area contributed by atoms with Crippen molar-refractivity contribution in [2.45, 2.75) is 47.5 Å². The van der Waals surface area contributed by atoms with Crippen molar-refractivity contribution in [3.8, 4) is 11.1 Å². The summed E-state index contributed by atoms with van der Waals surface area (Å²) in [7, 11) is 0. The number of nitrogens with zero attached hydrogens (tertiary/aromatic N) is 1. The first-order chi connectivity index (χ1) is 11.2. The average molecular weight is 320 g/mol. The zero-order valence-electron chi connectivity index (χ0n) is 15.6. The van der Waals surface area contributed by atoms with Crippen molar-refractivity contribution in [3.05, 3.63) is 53.6 Å². The van der Waals surface area contributed by atoms with E-state index in [1.54, 1.807) is 0 Å². The predicted octanol–water partition coefficient (Wildman–Crippen LogP) is 6.55. The summed E-state index contributed by atoms with van der Waals surface area (Å²) in [5.74, 6) is 0.550. The lowest BCUT2D eigenvalue weighted by molar-refractivity contribution is 0.598. The van der Waals surface area contributed by atoms with Crippen LogP contribution in [0, 0.1) is 17.7 Å². The highest BCUT2D eigenvalue weighted by molar-refractivity contribution is 6.32. The fourth-order valence-corrected chi connectivity index (χ4v) is 2.57. The third-order valence-electron chi connectivity index (χ3n) is 4.25. The van der Waals surface area contributed by atoms with Crippen molar-refractivity contribution in [2.24, 2.45) is 10.4 Å². The van der Waals surface area contributed by atoms with Gasteiger partial charge in [-0.3, -0.25) is 4.99 Å². The van der Waals surface area contributed by atoms with Gasteiger partial charge in [0.05, 0.1) is 11.4 Å². The first-order valence-electron chi connectivity index (χ1n) is 8.53. The van der Waals surface area contributed by atoms with Crippen LogP contribution in [-0.4, -0.2) is 11.9 Å². The van der Waals surface area contributed by atoms with Crippen molar-refractivity contribution in [1.82, 2.24) is 0 Å². The van der Waals surface area contributed by atoms with Gasteiger partial charge in [0.2, 0.25) is 0 Å². The van der Waals surface area contributed by atoms with Crippen LogP contribution >= 0.6 is 0 Å². The number of rotatable bonds is 4. The van der Waals surface area contributed by atoms with Crippen LogP contribution in [0.2, 0.25) is 0 Å². The molecule has 0 atom stereocenters. The van der Waals surface area contributed by atoms with Crippen LogP contribution in [0.3, 0.4) is 0 Å². The maximum Gasteiger partial charge on any atom is 0.0663 e. The van der Waals surface area contributed by atoms with Crippen LogP contribution < -0.4 is 0 Å². The van der Waals surface area contributed by atoms with Gasteiger partial charge in [0.1, 0.15) is 0 Å². The Labute approximate surface area is 146 Å². The van der Waals surface area contributed by atoms with E-state index in [0.29, 0.717) is 5.92 Å². The number of hydrogen-bond acceptors (Lipinski definition) is 2. The van der Waals surface area contributed by atoms with Crippen LogP contribution in [0.4, 0.5) is 5.69 Å². The maximum absolute atomic E-state index is 7.61. The Kier molecular flexibility index (Phi) is 5.38. The van der Waals surface area contributed by atoms with Gasteiger partial charge in [-0.05, 0) is 47.2 Å². The molecule has 0 aromatic heterocycles. The van der Waals surface area contributed by atoms with E-state index in [1.807, 2.05) is 0 Å². The van der Waals surface area contributed by atoms with Gasteiger partial charge < -0.3 is 5.41 Å². The number of aliphatic imine (C=N–C) groups is 1. The summed E-state index contributed by atoms with van der Waals surface area (Å²) in [4.78, 5) is 4.69. The quantitative estimate of drug-likeness (QED) is 0.620. The second kappa shape index (κ2) is 7.12. The smallest absolute Gasteiger partial charge is 0.0663 e. The summed E-state index contributed by atoms with van der Waals surface area (Å²) >= 11 is 0. The molecule has 2 nitrogen and oxygen atoms in total. The second-order valence-electron chi connectivity index (χ2n) is 7.67. The van der Waals surface area contributed by atoms with Gasteiger partial charge in [0.15, 0.2) is 0 Å². The molecule has 0 fully saturated rings. The Morgan fingerprint density at radius 3 is 2.04 bits per heavy atom. The molecule has 2 rings (SSSR count). The second-order valence-corrected chi connectivity index (χ2v) is 7.67. The van der Waals surface area contributed by atoms with Gasteiger partial charge in [-0.25, -0.2) is 0 Å². The summed E-state index contributed by atoms with van der Waals surface area (Å²) in [5.41, 5.74) is 6.52. The fraction of sp³-hybridized carbons (Fsp3) is 0.364. The van der Waals surface area contributed by atoms with Crippen LogP contribution in [-0.2, 0) is 0 Å². The molecule has 0 amide bonds. The minimum Gasteiger partial charge on any atom is -0.307 e.